The Morgan fingerprint density at radius 2 is 1.88 bits per heavy atom. The van der Waals surface area contributed by atoms with Crippen LogP contribution in [0.3, 0.4) is 0 Å². The summed E-state index contributed by atoms with van der Waals surface area (Å²) in [7, 11) is 3.10. The number of para-hydroxylation sites is 1. The Balaban J connectivity index is 1.99. The van der Waals surface area contributed by atoms with Gasteiger partial charge in [-0.25, -0.2) is 0 Å². The summed E-state index contributed by atoms with van der Waals surface area (Å²) >= 11 is 0. The van der Waals surface area contributed by atoms with E-state index in [0.717, 1.165) is 5.56 Å². The van der Waals surface area contributed by atoms with Crippen LogP contribution in [0.1, 0.15) is 30.6 Å². The Kier molecular flexibility index (Phi) is 6.54. The molecule has 0 bridgehead atoms. The molecule has 0 N–H and O–H groups in total. The number of carbonyl (C=O) groups excluding carboxylic acids is 1. The van der Waals surface area contributed by atoms with Gasteiger partial charge >= 0.3 is 5.97 Å². The van der Waals surface area contributed by atoms with Crippen molar-refractivity contribution in [2.75, 3.05) is 14.2 Å². The summed E-state index contributed by atoms with van der Waals surface area (Å²) in [6.45, 7) is 1.68. The van der Waals surface area contributed by atoms with Crippen molar-refractivity contribution in [2.24, 2.45) is 0 Å². The van der Waals surface area contributed by atoms with Gasteiger partial charge in [-0.1, -0.05) is 24.3 Å². The quantitative estimate of drug-likeness (QED) is 0.404. The number of methoxy groups -OCH3 is 2. The third-order valence-electron chi connectivity index (χ3n) is 3.94. The molecule has 1 atom stereocenters. The van der Waals surface area contributed by atoms with Crippen molar-refractivity contribution in [3.63, 3.8) is 0 Å². The molecular formula is C19H21NO6. The van der Waals surface area contributed by atoms with Crippen molar-refractivity contribution in [3.05, 3.63) is 63.7 Å². The van der Waals surface area contributed by atoms with Crippen LogP contribution >= 0.6 is 0 Å². The van der Waals surface area contributed by atoms with Crippen LogP contribution in [0.25, 0.3) is 0 Å². The molecule has 0 unspecified atom stereocenters. The average molecular weight is 359 g/mol. The van der Waals surface area contributed by atoms with E-state index in [1.165, 1.54) is 12.1 Å². The first-order valence-electron chi connectivity index (χ1n) is 8.10. The summed E-state index contributed by atoms with van der Waals surface area (Å²) in [5.74, 6) is 0.798. The lowest BCUT2D eigenvalue weighted by Crippen LogP contribution is -2.10. The van der Waals surface area contributed by atoms with Crippen molar-refractivity contribution < 1.29 is 23.9 Å². The highest BCUT2D eigenvalue weighted by Gasteiger charge is 2.16. The third-order valence-corrected chi connectivity index (χ3v) is 3.94. The van der Waals surface area contributed by atoms with Crippen LogP contribution in [0.4, 0.5) is 5.69 Å². The van der Waals surface area contributed by atoms with Gasteiger partial charge in [0.1, 0.15) is 6.10 Å². The molecule has 0 heterocycles. The van der Waals surface area contributed by atoms with Crippen LogP contribution < -0.4 is 9.47 Å². The van der Waals surface area contributed by atoms with Gasteiger partial charge in [0.2, 0.25) is 0 Å². The van der Waals surface area contributed by atoms with E-state index < -0.39 is 17.0 Å². The van der Waals surface area contributed by atoms with Crippen LogP contribution in [-0.4, -0.2) is 25.1 Å². The van der Waals surface area contributed by atoms with Crippen molar-refractivity contribution in [3.8, 4) is 11.5 Å². The lowest BCUT2D eigenvalue weighted by Gasteiger charge is -2.15. The van der Waals surface area contributed by atoms with Crippen molar-refractivity contribution >= 4 is 11.7 Å². The number of esters is 1. The van der Waals surface area contributed by atoms with Crippen LogP contribution in [0.15, 0.2) is 42.5 Å². The van der Waals surface area contributed by atoms with Gasteiger partial charge in [0.15, 0.2) is 11.5 Å². The zero-order valence-corrected chi connectivity index (χ0v) is 14.9. The molecule has 2 rings (SSSR count). The Labute approximate surface area is 151 Å². The smallest absolute Gasteiger partial charge is 0.306 e. The highest BCUT2D eigenvalue weighted by molar-refractivity contribution is 5.70. The maximum atomic E-state index is 12.1. The minimum absolute atomic E-state index is 0.0356. The number of non-ortho nitro benzene ring substituents is 1. The SMILES string of the molecule is COc1cccc(CCC(=O)O[C@H](C)c2cccc([N+](=O)[O-])c2)c1OC. The topological polar surface area (TPSA) is 87.9 Å². The highest BCUT2D eigenvalue weighted by atomic mass is 16.6. The van der Waals surface area contributed by atoms with Gasteiger partial charge in [-0.3, -0.25) is 14.9 Å². The number of ether oxygens (including phenoxy) is 3. The minimum Gasteiger partial charge on any atom is -0.493 e. The molecule has 0 radical (unpaired) electrons. The standard InChI is InChI=1S/C19H21NO6/c1-13(15-7-4-8-16(12-15)20(22)23)26-18(21)11-10-14-6-5-9-17(24-2)19(14)25-3/h4-9,12-13H,10-11H2,1-3H3/t13-/m1/s1. The number of hydrogen-bond donors (Lipinski definition) is 0. The van der Waals surface area contributed by atoms with Gasteiger partial charge in [-0.05, 0) is 30.5 Å². The number of hydrogen-bond acceptors (Lipinski definition) is 6. The van der Waals surface area contributed by atoms with Crippen LogP contribution in [-0.2, 0) is 16.0 Å². The predicted octanol–water partition coefficient (Wildman–Crippen LogP) is 3.85. The molecule has 0 aliphatic carbocycles. The zero-order valence-electron chi connectivity index (χ0n) is 14.9. The molecule has 0 fully saturated rings. The second kappa shape index (κ2) is 8.84. The van der Waals surface area contributed by atoms with Gasteiger partial charge in [0, 0.05) is 18.6 Å². The first kappa shape index (κ1) is 19.2. The minimum atomic E-state index is -0.574. The molecule has 0 aromatic heterocycles. The van der Waals surface area contributed by atoms with Gasteiger partial charge in [0.25, 0.3) is 5.69 Å². The molecule has 0 saturated heterocycles. The van der Waals surface area contributed by atoms with Gasteiger partial charge in [-0.15, -0.1) is 0 Å². The van der Waals surface area contributed by atoms with E-state index in [9.17, 15) is 14.9 Å². The van der Waals surface area contributed by atoms with Gasteiger partial charge in [0.05, 0.1) is 19.1 Å². The lowest BCUT2D eigenvalue weighted by atomic mass is 10.1. The molecule has 0 saturated carbocycles. The van der Waals surface area contributed by atoms with E-state index in [1.807, 2.05) is 12.1 Å². The number of rotatable bonds is 8. The number of nitrogens with zero attached hydrogens (tertiary/aromatic N) is 1. The second-order valence-corrected chi connectivity index (χ2v) is 5.64. The van der Waals surface area contributed by atoms with Gasteiger partial charge < -0.3 is 14.2 Å². The maximum Gasteiger partial charge on any atom is 0.306 e. The number of nitro benzene ring substituents is 1. The fourth-order valence-electron chi connectivity index (χ4n) is 2.60. The molecule has 7 nitrogen and oxygen atoms in total. The first-order valence-corrected chi connectivity index (χ1v) is 8.10. The summed E-state index contributed by atoms with van der Waals surface area (Å²) in [5, 5.41) is 10.8. The second-order valence-electron chi connectivity index (χ2n) is 5.64. The summed E-state index contributed by atoms with van der Waals surface area (Å²) in [4.78, 5) is 22.5. The summed E-state index contributed by atoms with van der Waals surface area (Å²) in [6, 6.07) is 11.5. The lowest BCUT2D eigenvalue weighted by molar-refractivity contribution is -0.385. The molecule has 0 aliphatic heterocycles. The van der Waals surface area contributed by atoms with E-state index in [0.29, 0.717) is 23.5 Å². The largest absolute Gasteiger partial charge is 0.493 e. The first-order chi connectivity index (χ1) is 12.5. The van der Waals surface area contributed by atoms with Crippen LogP contribution in [0.5, 0.6) is 11.5 Å². The molecule has 26 heavy (non-hydrogen) atoms. The number of aryl methyl sites for hydroxylation is 1. The zero-order chi connectivity index (χ0) is 19.1. The Bertz CT molecular complexity index is 789. The van der Waals surface area contributed by atoms with E-state index in [4.69, 9.17) is 14.2 Å². The molecule has 2 aromatic carbocycles. The van der Waals surface area contributed by atoms with E-state index in [1.54, 1.807) is 39.3 Å². The molecule has 0 spiro atoms. The van der Waals surface area contributed by atoms with Crippen LogP contribution in [0, 0.1) is 10.1 Å². The number of nitro groups is 1. The summed E-state index contributed by atoms with van der Waals surface area (Å²) < 4.78 is 16.0. The Morgan fingerprint density at radius 1 is 1.15 bits per heavy atom. The number of carbonyl (C=O) groups is 1. The molecule has 2 aromatic rings. The average Bonchev–Trinajstić information content (AvgIpc) is 2.65. The third kappa shape index (κ3) is 4.72. The predicted molar refractivity (Wildman–Crippen MR) is 95.5 cm³/mol. The normalized spacial score (nSPS) is 11.5. The molecule has 0 aliphatic rings. The van der Waals surface area contributed by atoms with E-state index in [-0.39, 0.29) is 12.1 Å². The number of benzene rings is 2. The van der Waals surface area contributed by atoms with Gasteiger partial charge in [-0.2, -0.15) is 0 Å². The van der Waals surface area contributed by atoms with Crippen molar-refractivity contribution in [1.29, 1.82) is 0 Å². The maximum absolute atomic E-state index is 12.1. The molecule has 138 valence electrons. The fraction of sp³-hybridized carbons (Fsp3) is 0.316. The van der Waals surface area contributed by atoms with Crippen molar-refractivity contribution in [2.45, 2.75) is 25.9 Å². The van der Waals surface area contributed by atoms with E-state index in [2.05, 4.69) is 0 Å². The molecule has 7 heteroatoms. The fourth-order valence-corrected chi connectivity index (χ4v) is 2.60. The monoisotopic (exact) mass is 359 g/mol. The Morgan fingerprint density at radius 3 is 2.54 bits per heavy atom. The molecular weight excluding hydrogens is 338 g/mol. The Hall–Kier alpha value is -3.09. The van der Waals surface area contributed by atoms with Crippen molar-refractivity contribution in [1.82, 2.24) is 0 Å². The summed E-state index contributed by atoms with van der Waals surface area (Å²) in [6.07, 6.45) is 0.0125. The van der Waals surface area contributed by atoms with Crippen LogP contribution in [0.2, 0.25) is 0 Å². The molecule has 0 amide bonds. The van der Waals surface area contributed by atoms with E-state index >= 15 is 0 Å². The highest BCUT2D eigenvalue weighted by Crippen LogP contribution is 2.31. The summed E-state index contributed by atoms with van der Waals surface area (Å²) in [5.41, 5.74) is 1.38.